The zero-order valence-corrected chi connectivity index (χ0v) is 17.5. The Kier molecular flexibility index (Phi) is 5.25. The van der Waals surface area contributed by atoms with Crippen molar-refractivity contribution in [3.05, 3.63) is 64.5 Å². The fourth-order valence-corrected chi connectivity index (χ4v) is 5.08. The first-order valence-electron chi connectivity index (χ1n) is 10.2. The average molecular weight is 436 g/mol. The molecule has 0 radical (unpaired) electrons. The minimum atomic E-state index is -0.761. The van der Waals surface area contributed by atoms with Gasteiger partial charge in [-0.3, -0.25) is 19.4 Å². The van der Waals surface area contributed by atoms with Gasteiger partial charge in [0, 0.05) is 35.0 Å². The smallest absolute Gasteiger partial charge is 0.251 e. The maximum atomic E-state index is 13.4. The summed E-state index contributed by atoms with van der Waals surface area (Å²) in [4.78, 5) is 45.6. The number of nitrogens with zero attached hydrogens (tertiary/aromatic N) is 2. The summed E-state index contributed by atoms with van der Waals surface area (Å²) >= 11 is 1.53. The van der Waals surface area contributed by atoms with Gasteiger partial charge in [-0.1, -0.05) is 12.1 Å². The molecular formula is C23H21N3O4S. The van der Waals surface area contributed by atoms with Crippen LogP contribution < -0.4 is 5.32 Å². The highest BCUT2D eigenvalue weighted by Gasteiger charge is 2.48. The van der Waals surface area contributed by atoms with E-state index in [1.165, 1.54) is 11.3 Å². The molecule has 3 atom stereocenters. The minimum Gasteiger partial charge on any atom is -0.368 e. The van der Waals surface area contributed by atoms with Gasteiger partial charge in [-0.25, -0.2) is 0 Å². The minimum absolute atomic E-state index is 0.0478. The molecule has 0 aliphatic carbocycles. The number of aromatic nitrogens is 1. The van der Waals surface area contributed by atoms with Crippen LogP contribution in [0.2, 0.25) is 0 Å². The lowest BCUT2D eigenvalue weighted by Gasteiger charge is -2.27. The number of rotatable bonds is 5. The summed E-state index contributed by atoms with van der Waals surface area (Å²) in [6, 6.07) is 11.5. The average Bonchev–Trinajstić information content (AvgIpc) is 3.52. The van der Waals surface area contributed by atoms with E-state index in [0.29, 0.717) is 24.9 Å². The Hall–Kier alpha value is -3.10. The van der Waals surface area contributed by atoms with Gasteiger partial charge in [0.2, 0.25) is 5.91 Å². The van der Waals surface area contributed by atoms with Crippen molar-refractivity contribution in [2.45, 2.75) is 31.0 Å². The van der Waals surface area contributed by atoms with Crippen molar-refractivity contribution in [3.8, 4) is 0 Å². The molecule has 4 heterocycles. The molecule has 2 fully saturated rings. The number of ketones is 1. The first kappa shape index (κ1) is 19.8. The molecule has 2 saturated heterocycles. The quantitative estimate of drug-likeness (QED) is 0.664. The highest BCUT2D eigenvalue weighted by Crippen LogP contribution is 2.28. The van der Waals surface area contributed by atoms with E-state index in [4.69, 9.17) is 4.74 Å². The van der Waals surface area contributed by atoms with E-state index in [9.17, 15) is 14.4 Å². The number of likely N-dealkylation sites (tertiary alicyclic amines) is 1. The lowest BCUT2D eigenvalue weighted by Crippen LogP contribution is -2.53. The first-order chi connectivity index (χ1) is 15.1. The number of amides is 2. The molecule has 1 N–H and O–H groups in total. The number of hydrogen-bond acceptors (Lipinski definition) is 6. The van der Waals surface area contributed by atoms with E-state index in [0.717, 1.165) is 15.8 Å². The number of benzene rings is 1. The molecule has 5 rings (SSSR count). The fourth-order valence-electron chi connectivity index (χ4n) is 4.33. The van der Waals surface area contributed by atoms with Crippen molar-refractivity contribution in [2.24, 2.45) is 0 Å². The number of carbonyl (C=O) groups is 3. The van der Waals surface area contributed by atoms with Gasteiger partial charge in [-0.15, -0.1) is 11.3 Å². The van der Waals surface area contributed by atoms with Crippen LogP contribution in [-0.4, -0.2) is 58.8 Å². The third-order valence-corrected chi connectivity index (χ3v) is 6.75. The molecule has 0 saturated carbocycles. The van der Waals surface area contributed by atoms with Gasteiger partial charge >= 0.3 is 0 Å². The topological polar surface area (TPSA) is 88.6 Å². The molecule has 3 aromatic rings. The molecule has 2 amide bonds. The summed E-state index contributed by atoms with van der Waals surface area (Å²) in [6.07, 6.45) is 2.48. The Bertz CT molecular complexity index is 1150. The summed E-state index contributed by atoms with van der Waals surface area (Å²) in [6.45, 7) is 0.505. The number of carbonyl (C=O) groups excluding carboxylic acids is 3. The summed E-state index contributed by atoms with van der Waals surface area (Å²) in [5, 5.41) is 5.71. The number of nitrogens with one attached hydrogen (secondary N) is 1. The van der Waals surface area contributed by atoms with Gasteiger partial charge in [0.15, 0.2) is 5.78 Å². The van der Waals surface area contributed by atoms with Crippen molar-refractivity contribution in [2.75, 3.05) is 13.2 Å². The third kappa shape index (κ3) is 3.84. The number of Topliss-reactive ketones (excluding diaryl/α,β-unsaturated/α-hetero) is 1. The molecular weight excluding hydrogens is 414 g/mol. The molecule has 7 nitrogen and oxygen atoms in total. The number of thiophene rings is 1. The number of pyridine rings is 1. The highest BCUT2D eigenvalue weighted by molar-refractivity contribution is 7.09. The molecule has 2 aromatic heterocycles. The molecule has 2 aliphatic heterocycles. The van der Waals surface area contributed by atoms with E-state index in [1.807, 2.05) is 29.6 Å². The Morgan fingerprint density at radius 1 is 1.26 bits per heavy atom. The molecule has 2 aliphatic rings. The maximum absolute atomic E-state index is 13.4. The van der Waals surface area contributed by atoms with E-state index in [2.05, 4.69) is 10.3 Å². The lowest BCUT2D eigenvalue weighted by molar-refractivity contribution is -0.138. The van der Waals surface area contributed by atoms with Crippen molar-refractivity contribution in [3.63, 3.8) is 0 Å². The van der Waals surface area contributed by atoms with Crippen LogP contribution in [0.15, 0.2) is 54.0 Å². The van der Waals surface area contributed by atoms with Crippen LogP contribution >= 0.6 is 11.3 Å². The SMILES string of the molecule is O=C(NC(Cc1cccs1)C(=O)N1CCC2OCC(=O)C21)c1ccc2ncccc2c1. The van der Waals surface area contributed by atoms with E-state index in [-0.39, 0.29) is 30.3 Å². The second-order valence-electron chi connectivity index (χ2n) is 7.80. The lowest BCUT2D eigenvalue weighted by atomic mass is 10.1. The predicted molar refractivity (Wildman–Crippen MR) is 116 cm³/mol. The van der Waals surface area contributed by atoms with Gasteiger partial charge in [0.25, 0.3) is 5.91 Å². The summed E-state index contributed by atoms with van der Waals surface area (Å²) in [5.74, 6) is -0.639. The highest BCUT2D eigenvalue weighted by atomic mass is 32.1. The summed E-state index contributed by atoms with van der Waals surface area (Å²) in [7, 11) is 0. The Morgan fingerprint density at radius 3 is 3.00 bits per heavy atom. The molecule has 0 bridgehead atoms. The normalized spacial score (nSPS) is 21.3. The molecule has 31 heavy (non-hydrogen) atoms. The van der Waals surface area contributed by atoms with Crippen molar-refractivity contribution < 1.29 is 19.1 Å². The van der Waals surface area contributed by atoms with E-state index < -0.39 is 12.1 Å². The Labute approximate surface area is 183 Å². The molecule has 158 valence electrons. The largest absolute Gasteiger partial charge is 0.368 e. The summed E-state index contributed by atoms with van der Waals surface area (Å²) < 4.78 is 5.51. The van der Waals surface area contributed by atoms with Gasteiger partial charge in [-0.05, 0) is 42.1 Å². The second kappa shape index (κ2) is 8.20. The number of hydrogen-bond donors (Lipinski definition) is 1. The second-order valence-corrected chi connectivity index (χ2v) is 8.83. The van der Waals surface area contributed by atoms with Crippen molar-refractivity contribution in [1.82, 2.24) is 15.2 Å². The zero-order valence-electron chi connectivity index (χ0n) is 16.7. The molecule has 0 spiro atoms. The number of fused-ring (bicyclic) bond motifs is 2. The van der Waals surface area contributed by atoms with E-state index >= 15 is 0 Å². The van der Waals surface area contributed by atoms with Gasteiger partial charge in [0.1, 0.15) is 18.7 Å². The van der Waals surface area contributed by atoms with Crippen molar-refractivity contribution in [1.29, 1.82) is 0 Å². The van der Waals surface area contributed by atoms with Gasteiger partial charge in [-0.2, -0.15) is 0 Å². The van der Waals surface area contributed by atoms with Crippen LogP contribution in [0.5, 0.6) is 0 Å². The van der Waals surface area contributed by atoms with Gasteiger partial charge in [0.05, 0.1) is 11.6 Å². The zero-order chi connectivity index (χ0) is 21.4. The van der Waals surface area contributed by atoms with Gasteiger partial charge < -0.3 is 15.0 Å². The third-order valence-electron chi connectivity index (χ3n) is 5.85. The predicted octanol–water partition coefficient (Wildman–Crippen LogP) is 2.21. The Morgan fingerprint density at radius 2 is 2.16 bits per heavy atom. The van der Waals surface area contributed by atoms with Crippen LogP contribution in [0, 0.1) is 0 Å². The fraction of sp³-hybridized carbons (Fsp3) is 0.304. The summed E-state index contributed by atoms with van der Waals surface area (Å²) in [5.41, 5.74) is 1.26. The van der Waals surface area contributed by atoms with Crippen LogP contribution in [0.25, 0.3) is 10.9 Å². The molecule has 1 aromatic carbocycles. The van der Waals surface area contributed by atoms with Crippen LogP contribution in [0.1, 0.15) is 21.7 Å². The van der Waals surface area contributed by atoms with Crippen LogP contribution in [0.3, 0.4) is 0 Å². The van der Waals surface area contributed by atoms with E-state index in [1.54, 1.807) is 29.3 Å². The standard InChI is InChI=1S/C23H21N3O4S/c27-19-13-30-20-7-9-26(21(19)20)23(29)18(12-16-4-2-10-31-16)25-22(28)15-5-6-17-14(11-15)3-1-8-24-17/h1-6,8,10-11,18,20-21H,7,9,12-13H2,(H,25,28). The number of ether oxygens (including phenoxy) is 1. The first-order valence-corrected chi connectivity index (χ1v) is 11.1. The van der Waals surface area contributed by atoms with Crippen LogP contribution in [0.4, 0.5) is 0 Å². The van der Waals surface area contributed by atoms with Crippen LogP contribution in [-0.2, 0) is 20.7 Å². The Balaban J connectivity index is 1.39. The maximum Gasteiger partial charge on any atom is 0.251 e. The molecule has 3 unspecified atom stereocenters. The monoisotopic (exact) mass is 435 g/mol. The molecule has 8 heteroatoms. The van der Waals surface area contributed by atoms with Crippen molar-refractivity contribution >= 4 is 39.8 Å².